The monoisotopic (exact) mass is 182 g/mol. The van der Waals surface area contributed by atoms with Crippen LogP contribution in [0.5, 0.6) is 0 Å². The molecule has 0 saturated carbocycles. The Labute approximate surface area is 107 Å². The van der Waals surface area contributed by atoms with Gasteiger partial charge in [0.2, 0.25) is 0 Å². The van der Waals surface area contributed by atoms with Crippen LogP contribution in [0.2, 0.25) is 0 Å². The average molecular weight is 179 g/mol. The van der Waals surface area contributed by atoms with E-state index in [1.807, 2.05) is 0 Å². The zero-order valence-electron chi connectivity index (χ0n) is 12.2. The lowest BCUT2D eigenvalue weighted by Gasteiger charge is -2.31. The molecule has 0 spiro atoms. The Morgan fingerprint density at radius 1 is 0.600 bits per heavy atom. The molecule has 0 aromatic heterocycles. The van der Waals surface area contributed by atoms with Crippen LogP contribution in [0.15, 0.2) is 0 Å². The van der Waals surface area contributed by atoms with E-state index in [2.05, 4.69) is 61.9 Å². The van der Waals surface area contributed by atoms with Gasteiger partial charge in [0.25, 0.3) is 0 Å². The van der Waals surface area contributed by atoms with Crippen molar-refractivity contribution in [2.75, 3.05) is 0 Å². The van der Waals surface area contributed by atoms with Gasteiger partial charge in [-0.2, -0.15) is 0 Å². The molecule has 0 unspecified atom stereocenters. The number of hydrogen-bond donors (Lipinski definition) is 0. The van der Waals surface area contributed by atoms with Crippen molar-refractivity contribution in [2.24, 2.45) is 0 Å². The van der Waals surface area contributed by atoms with E-state index < -0.39 is 0 Å². The minimum absolute atomic E-state index is 0.816. The van der Waals surface area contributed by atoms with Gasteiger partial charge in [0.05, 0.1) is 61.9 Å². The Morgan fingerprint density at radius 2 is 1.00 bits per heavy atom. The molecule has 0 aliphatic heterocycles. The molecule has 0 aromatic rings. The predicted octanol–water partition coefficient (Wildman–Crippen LogP) is -10.3. The fourth-order valence-electron chi connectivity index (χ4n) is 3.18. The van der Waals surface area contributed by atoms with Crippen LogP contribution in [0, 0.1) is 0 Å². The van der Waals surface area contributed by atoms with Crippen LogP contribution in [0.4, 0.5) is 0 Å². The standard InChI is InChI=1S/B15H17/c1-10(2)9-14(11(3)4)15(12(5)6)13(7)8/h9H,1-8H2. The minimum atomic E-state index is 0.816. The summed E-state index contributed by atoms with van der Waals surface area (Å²) >= 11 is 0. The first-order chi connectivity index (χ1) is 6.77. The molecule has 0 aromatic carbocycles. The molecule has 0 aliphatic carbocycles. The zero-order valence-corrected chi connectivity index (χ0v) is 12.2. The third-order valence-corrected chi connectivity index (χ3v) is 3.63. The summed E-state index contributed by atoms with van der Waals surface area (Å²) in [6, 6.07) is 0. The summed E-state index contributed by atoms with van der Waals surface area (Å²) in [6.07, 6.45) is 5.06. The summed E-state index contributed by atoms with van der Waals surface area (Å²) in [4.78, 5) is 0. The normalized spacial score (nSPS) is 8.80. The van der Waals surface area contributed by atoms with Crippen LogP contribution < -0.4 is 0 Å². The van der Waals surface area contributed by atoms with Gasteiger partial charge in [-0.1, -0.05) is 0 Å². The lowest BCUT2D eigenvalue weighted by molar-refractivity contribution is 3.43. The largest absolute Gasteiger partial charge is 0.0556 e. The van der Waals surface area contributed by atoms with E-state index in [1.54, 1.807) is 0 Å². The summed E-state index contributed by atoms with van der Waals surface area (Å²) in [6.45, 7) is 0. The van der Waals surface area contributed by atoms with Gasteiger partial charge in [0.15, 0.2) is 0 Å². The van der Waals surface area contributed by atoms with Crippen molar-refractivity contribution in [1.82, 2.24) is 0 Å². The van der Waals surface area contributed by atoms with Crippen molar-refractivity contribution >= 4 is 107 Å². The highest BCUT2D eigenvalue weighted by molar-refractivity contribution is 8.09. The highest BCUT2D eigenvalue weighted by Crippen LogP contribution is 1.95. The SMILES string of the molecule is BB(B)BB(B(B)B)B(B(B)B)B(B)B. The topological polar surface area (TPSA) is 0 Å². The molecule has 0 N–H and O–H groups in total. The third-order valence-electron chi connectivity index (χ3n) is 3.63. The summed E-state index contributed by atoms with van der Waals surface area (Å²) in [5.74, 6) is 0. The van der Waals surface area contributed by atoms with E-state index in [0.29, 0.717) is 0 Å². The van der Waals surface area contributed by atoms with E-state index in [9.17, 15) is 0 Å². The average Bonchev–Trinajstić information content (AvgIpc) is 2.00. The van der Waals surface area contributed by atoms with E-state index in [1.165, 1.54) is 7.06 Å². The van der Waals surface area contributed by atoms with Crippen molar-refractivity contribution in [1.29, 1.82) is 0 Å². The number of rotatable bonds is 6. The van der Waals surface area contributed by atoms with E-state index in [4.69, 9.17) is 0 Å². The Hall–Kier alpha value is 0.974. The molecule has 0 saturated heterocycles. The minimum Gasteiger partial charge on any atom is 0.00358 e. The molecule has 15 heavy (non-hydrogen) atoms. The maximum atomic E-state index is 2.39. The molecule has 0 radical (unpaired) electrons. The highest BCUT2D eigenvalue weighted by Gasteiger charge is 2.35. The van der Waals surface area contributed by atoms with Gasteiger partial charge >= 0.3 is 0 Å². The molecule has 62 valence electrons. The van der Waals surface area contributed by atoms with Crippen LogP contribution >= 0.6 is 0 Å². The smallest absolute Gasteiger partial charge is 0.00358 e. The van der Waals surface area contributed by atoms with Gasteiger partial charge in [0.1, 0.15) is 0 Å². The van der Waals surface area contributed by atoms with E-state index in [-0.39, 0.29) is 0 Å². The quantitative estimate of drug-likeness (QED) is 0.355. The Kier molecular flexibility index (Phi) is 7.81. The first-order valence-electron chi connectivity index (χ1n) is 6.77. The fourth-order valence-corrected chi connectivity index (χ4v) is 3.18. The molecule has 0 rings (SSSR count). The van der Waals surface area contributed by atoms with Gasteiger partial charge in [-0.3, -0.25) is 0 Å². The summed E-state index contributed by atoms with van der Waals surface area (Å²) < 4.78 is 0. The third kappa shape index (κ3) is 5.73. The summed E-state index contributed by atoms with van der Waals surface area (Å²) in [5.41, 5.74) is 0. The number of hydrogen-bond acceptors (Lipinski definition) is 0. The lowest BCUT2D eigenvalue weighted by Crippen LogP contribution is -2.71. The first-order valence-corrected chi connectivity index (χ1v) is 6.77. The van der Waals surface area contributed by atoms with Gasteiger partial charge in [0, 0.05) is 45.4 Å². The van der Waals surface area contributed by atoms with Crippen molar-refractivity contribution in [2.45, 2.75) is 0 Å². The van der Waals surface area contributed by atoms with Crippen LogP contribution in [-0.4, -0.2) is 107 Å². The summed E-state index contributed by atoms with van der Waals surface area (Å²) in [7, 11) is 20.4. The molecule has 15 heteroatoms. The molecular weight excluding hydrogens is 162 g/mol. The fraction of sp³-hybridized carbons (Fsp3) is 0. The van der Waals surface area contributed by atoms with Crippen LogP contribution in [0.3, 0.4) is 0 Å². The molecule has 0 bridgehead atoms. The van der Waals surface area contributed by atoms with Crippen molar-refractivity contribution in [3.05, 3.63) is 0 Å². The van der Waals surface area contributed by atoms with Crippen molar-refractivity contribution in [3.63, 3.8) is 0 Å². The predicted molar refractivity (Wildman–Crippen MR) is 110 cm³/mol. The van der Waals surface area contributed by atoms with E-state index in [0.717, 1.165) is 38.3 Å². The van der Waals surface area contributed by atoms with Gasteiger partial charge in [-0.05, 0) is 0 Å². The van der Waals surface area contributed by atoms with Gasteiger partial charge in [-0.15, -0.1) is 0 Å². The van der Waals surface area contributed by atoms with Crippen molar-refractivity contribution < 1.29 is 0 Å². The first kappa shape index (κ1) is 16.0. The molecule has 0 heterocycles. The lowest BCUT2D eigenvalue weighted by atomic mass is 8.49. The second kappa shape index (κ2) is 7.33. The molecule has 0 atom stereocenters. The van der Waals surface area contributed by atoms with Crippen LogP contribution in [-0.2, 0) is 0 Å². The maximum Gasteiger partial charge on any atom is 0.0556 e. The zero-order chi connectivity index (χ0) is 12.2. The Bertz CT molecular complexity index is 145. The Morgan fingerprint density at radius 3 is 1.20 bits per heavy atom. The van der Waals surface area contributed by atoms with Gasteiger partial charge in [-0.25, -0.2) is 0 Å². The molecular formula is H17B15. The highest BCUT2D eigenvalue weighted by atomic mass is 13.1. The second-order valence-electron chi connectivity index (χ2n) is 6.60. The molecule has 0 amide bonds. The van der Waals surface area contributed by atoms with Crippen molar-refractivity contribution in [3.8, 4) is 0 Å². The molecule has 0 nitrogen and oxygen atoms in total. The van der Waals surface area contributed by atoms with Crippen LogP contribution in [0.1, 0.15) is 0 Å². The Balaban J connectivity index is 4.68. The van der Waals surface area contributed by atoms with Crippen LogP contribution in [0.25, 0.3) is 0 Å². The van der Waals surface area contributed by atoms with Gasteiger partial charge < -0.3 is 0 Å². The molecule has 0 aliphatic rings. The maximum absolute atomic E-state index is 2.39. The molecule has 0 fully saturated rings. The second-order valence-corrected chi connectivity index (χ2v) is 6.60. The van der Waals surface area contributed by atoms with E-state index >= 15 is 0 Å². The summed E-state index contributed by atoms with van der Waals surface area (Å²) in [5, 5.41) is 0.